The van der Waals surface area contributed by atoms with Crippen molar-refractivity contribution in [1.29, 1.82) is 0 Å². The average molecular weight is 456 g/mol. The van der Waals surface area contributed by atoms with Crippen LogP contribution in [0.5, 0.6) is 0 Å². The number of carbonyl (C=O) groups is 3. The minimum atomic E-state index is -1.24. The van der Waals surface area contributed by atoms with E-state index in [1.807, 2.05) is 54.0 Å². The summed E-state index contributed by atoms with van der Waals surface area (Å²) < 4.78 is 10.9. The molecule has 0 saturated heterocycles. The highest BCUT2D eigenvalue weighted by Crippen LogP contribution is 2.44. The molecule has 0 aliphatic heterocycles. The zero-order valence-electron chi connectivity index (χ0n) is 18.8. The lowest BCUT2D eigenvalue weighted by molar-refractivity contribution is -0.150. The molecule has 2 amide bonds. The SMILES string of the molecule is COC(C)(C)CC(NC(=O)OCC1c2ccccc2-c2ccccc21)C(=O)NOCC(=O)O. The van der Waals surface area contributed by atoms with Crippen molar-refractivity contribution >= 4 is 18.0 Å². The van der Waals surface area contributed by atoms with Crippen molar-refractivity contribution < 1.29 is 33.8 Å². The Morgan fingerprint density at radius 1 is 1.03 bits per heavy atom. The molecule has 33 heavy (non-hydrogen) atoms. The third-order valence-corrected chi connectivity index (χ3v) is 5.57. The van der Waals surface area contributed by atoms with Crippen molar-refractivity contribution in [2.45, 2.75) is 37.8 Å². The minimum Gasteiger partial charge on any atom is -0.479 e. The molecule has 3 rings (SSSR count). The highest BCUT2D eigenvalue weighted by Gasteiger charge is 2.32. The molecule has 0 bridgehead atoms. The molecule has 1 aliphatic carbocycles. The van der Waals surface area contributed by atoms with Crippen LogP contribution in [0.2, 0.25) is 0 Å². The molecule has 3 N–H and O–H groups in total. The van der Waals surface area contributed by atoms with Gasteiger partial charge in [-0.15, -0.1) is 0 Å². The summed E-state index contributed by atoms with van der Waals surface area (Å²) in [6, 6.07) is 14.9. The van der Waals surface area contributed by atoms with E-state index >= 15 is 0 Å². The number of carboxylic acids is 1. The van der Waals surface area contributed by atoms with Gasteiger partial charge in [0, 0.05) is 19.4 Å². The molecule has 1 unspecified atom stereocenters. The van der Waals surface area contributed by atoms with Crippen molar-refractivity contribution in [3.05, 3.63) is 59.7 Å². The predicted molar refractivity (Wildman–Crippen MR) is 119 cm³/mol. The van der Waals surface area contributed by atoms with Crippen molar-refractivity contribution in [3.63, 3.8) is 0 Å². The van der Waals surface area contributed by atoms with Gasteiger partial charge in [-0.3, -0.25) is 9.63 Å². The number of hydrogen-bond donors (Lipinski definition) is 3. The van der Waals surface area contributed by atoms with Crippen molar-refractivity contribution in [2.24, 2.45) is 0 Å². The van der Waals surface area contributed by atoms with Gasteiger partial charge in [0.15, 0.2) is 6.61 Å². The third-order valence-electron chi connectivity index (χ3n) is 5.57. The summed E-state index contributed by atoms with van der Waals surface area (Å²) in [4.78, 5) is 40.4. The Labute approximate surface area is 192 Å². The number of hydroxylamine groups is 1. The quantitative estimate of drug-likeness (QED) is 0.470. The summed E-state index contributed by atoms with van der Waals surface area (Å²) in [6.07, 6.45) is -0.669. The Bertz CT molecular complexity index is 976. The van der Waals surface area contributed by atoms with Crippen molar-refractivity contribution in [3.8, 4) is 11.1 Å². The van der Waals surface area contributed by atoms with Gasteiger partial charge in [-0.2, -0.15) is 0 Å². The topological polar surface area (TPSA) is 123 Å². The van der Waals surface area contributed by atoms with Gasteiger partial charge >= 0.3 is 12.1 Å². The smallest absolute Gasteiger partial charge is 0.407 e. The van der Waals surface area contributed by atoms with Gasteiger partial charge in [0.1, 0.15) is 12.6 Å². The van der Waals surface area contributed by atoms with Crippen LogP contribution in [0, 0.1) is 0 Å². The Morgan fingerprint density at radius 3 is 2.15 bits per heavy atom. The van der Waals surface area contributed by atoms with Crippen molar-refractivity contribution in [2.75, 3.05) is 20.3 Å². The van der Waals surface area contributed by atoms with Crippen LogP contribution < -0.4 is 10.8 Å². The van der Waals surface area contributed by atoms with Crippen LogP contribution >= 0.6 is 0 Å². The summed E-state index contributed by atoms with van der Waals surface area (Å²) >= 11 is 0. The molecule has 2 aromatic carbocycles. The standard InChI is InChI=1S/C24H28N2O7/c1-24(2,31-3)12-20(22(29)26-33-14-21(27)28)25-23(30)32-13-19-17-10-6-4-8-15(17)16-9-5-7-11-18(16)19/h4-11,19-20H,12-14H2,1-3H3,(H,25,30)(H,26,29)(H,27,28). The number of hydrogen-bond acceptors (Lipinski definition) is 6. The van der Waals surface area contributed by atoms with E-state index in [2.05, 4.69) is 10.2 Å². The normalized spacial score (nSPS) is 13.5. The number of carbonyl (C=O) groups excluding carboxylic acids is 2. The Balaban J connectivity index is 1.66. The highest BCUT2D eigenvalue weighted by molar-refractivity contribution is 5.85. The molecular formula is C24H28N2O7. The number of amides is 2. The summed E-state index contributed by atoms with van der Waals surface area (Å²) in [6.45, 7) is 2.89. The van der Waals surface area contributed by atoms with Crippen molar-refractivity contribution in [1.82, 2.24) is 10.8 Å². The number of fused-ring (bicyclic) bond motifs is 3. The fraction of sp³-hybridized carbons (Fsp3) is 0.375. The van der Waals surface area contributed by atoms with Crippen LogP contribution in [-0.4, -0.2) is 55.0 Å². The maximum absolute atomic E-state index is 12.6. The Kier molecular flexibility index (Phi) is 7.67. The lowest BCUT2D eigenvalue weighted by Gasteiger charge is -2.28. The first-order valence-corrected chi connectivity index (χ1v) is 10.5. The summed E-state index contributed by atoms with van der Waals surface area (Å²) in [5, 5.41) is 11.2. The summed E-state index contributed by atoms with van der Waals surface area (Å²) in [5.74, 6) is -2.08. The second-order valence-corrected chi connectivity index (χ2v) is 8.34. The molecule has 0 heterocycles. The monoisotopic (exact) mass is 456 g/mol. The Morgan fingerprint density at radius 2 is 1.61 bits per heavy atom. The van der Waals surface area contributed by atoms with E-state index in [0.717, 1.165) is 22.3 Å². The molecule has 1 atom stereocenters. The number of rotatable bonds is 10. The summed E-state index contributed by atoms with van der Waals surface area (Å²) in [5.41, 5.74) is 5.66. The first kappa shape index (κ1) is 24.2. The maximum Gasteiger partial charge on any atom is 0.407 e. The molecule has 0 fully saturated rings. The average Bonchev–Trinajstić information content (AvgIpc) is 3.10. The third kappa shape index (κ3) is 6.09. The first-order chi connectivity index (χ1) is 15.7. The van der Waals surface area contributed by atoms with Gasteiger partial charge in [-0.1, -0.05) is 48.5 Å². The first-order valence-electron chi connectivity index (χ1n) is 10.5. The Hall–Kier alpha value is -3.43. The van der Waals surface area contributed by atoms with Crippen LogP contribution in [0.3, 0.4) is 0 Å². The molecular weight excluding hydrogens is 428 g/mol. The van der Waals surface area contributed by atoms with E-state index in [1.165, 1.54) is 7.11 Å². The molecule has 176 valence electrons. The van der Waals surface area contributed by atoms with Gasteiger partial charge in [0.05, 0.1) is 5.60 Å². The number of methoxy groups -OCH3 is 1. The maximum atomic E-state index is 12.6. The lowest BCUT2D eigenvalue weighted by Crippen LogP contribution is -2.50. The highest BCUT2D eigenvalue weighted by atomic mass is 16.7. The zero-order chi connectivity index (χ0) is 24.0. The molecule has 0 radical (unpaired) electrons. The van der Waals surface area contributed by atoms with E-state index in [9.17, 15) is 14.4 Å². The van der Waals surface area contributed by atoms with Crippen LogP contribution in [-0.2, 0) is 23.9 Å². The largest absolute Gasteiger partial charge is 0.479 e. The molecule has 0 spiro atoms. The fourth-order valence-electron chi connectivity index (χ4n) is 3.81. The molecule has 2 aromatic rings. The molecule has 0 aromatic heterocycles. The van der Waals surface area contributed by atoms with Gasteiger partial charge in [0.25, 0.3) is 5.91 Å². The van der Waals surface area contributed by atoms with Crippen LogP contribution in [0.25, 0.3) is 11.1 Å². The molecule has 1 aliphatic rings. The molecule has 0 saturated carbocycles. The number of carboxylic acid groups (broad SMARTS) is 1. The lowest BCUT2D eigenvalue weighted by atomic mass is 9.98. The zero-order valence-corrected chi connectivity index (χ0v) is 18.8. The van der Waals surface area contributed by atoms with E-state index in [4.69, 9.17) is 14.6 Å². The van der Waals surface area contributed by atoms with Crippen LogP contribution in [0.1, 0.15) is 37.3 Å². The summed E-state index contributed by atoms with van der Waals surface area (Å²) in [7, 11) is 1.49. The van der Waals surface area contributed by atoms with E-state index in [1.54, 1.807) is 13.8 Å². The van der Waals surface area contributed by atoms with Crippen LogP contribution in [0.4, 0.5) is 4.79 Å². The minimum absolute atomic E-state index is 0.0946. The second kappa shape index (κ2) is 10.5. The van der Waals surface area contributed by atoms with Gasteiger partial charge < -0.3 is 19.9 Å². The number of benzene rings is 2. The number of nitrogens with one attached hydrogen (secondary N) is 2. The number of alkyl carbamates (subject to hydrolysis) is 1. The van der Waals surface area contributed by atoms with Gasteiger partial charge in [-0.25, -0.2) is 15.1 Å². The number of ether oxygens (including phenoxy) is 2. The predicted octanol–water partition coefficient (Wildman–Crippen LogP) is 2.84. The number of aliphatic carboxylic acids is 1. The van der Waals surface area contributed by atoms with E-state index < -0.39 is 36.2 Å². The van der Waals surface area contributed by atoms with Crippen LogP contribution in [0.15, 0.2) is 48.5 Å². The van der Waals surface area contributed by atoms with E-state index in [-0.39, 0.29) is 18.9 Å². The second-order valence-electron chi connectivity index (χ2n) is 8.34. The fourth-order valence-corrected chi connectivity index (χ4v) is 3.81. The molecule has 9 heteroatoms. The van der Waals surface area contributed by atoms with Gasteiger partial charge in [-0.05, 0) is 36.1 Å². The van der Waals surface area contributed by atoms with E-state index in [0.29, 0.717) is 0 Å². The van der Waals surface area contributed by atoms with Gasteiger partial charge in [0.2, 0.25) is 0 Å². The molecule has 9 nitrogen and oxygen atoms in total.